The van der Waals surface area contributed by atoms with Crippen molar-refractivity contribution in [1.29, 1.82) is 0 Å². The first-order chi connectivity index (χ1) is 20.7. The summed E-state index contributed by atoms with van der Waals surface area (Å²) in [6, 6.07) is 5.30. The Balaban J connectivity index is 1.50. The lowest BCUT2D eigenvalue weighted by Crippen LogP contribution is -2.61. The molecule has 3 heterocycles. The molecule has 0 bridgehead atoms. The number of esters is 2. The zero-order valence-corrected chi connectivity index (χ0v) is 23.8. The maximum absolute atomic E-state index is 13.2. The van der Waals surface area contributed by atoms with Gasteiger partial charge in [-0.1, -0.05) is 0 Å². The van der Waals surface area contributed by atoms with E-state index in [0.29, 0.717) is 46.1 Å². The molecule has 2 saturated heterocycles. The molecule has 0 spiro atoms. The SMILES string of the molecule is COC(=O)[C@H]1OC(Oc2c3c(cc4c2OCO4)[C@@H](c2cc(OC)c(OC)c(OC)c2)[C@H]2C(=O)OCC2C3)[C@H](O)[C@@H](O)[C@@H]1O. The topological polar surface area (TPSA) is 178 Å². The van der Waals surface area contributed by atoms with E-state index in [1.54, 1.807) is 18.2 Å². The number of rotatable bonds is 7. The van der Waals surface area contributed by atoms with E-state index in [2.05, 4.69) is 4.74 Å². The minimum absolute atomic E-state index is 0.126. The Hall–Kier alpha value is -3.98. The Labute approximate surface area is 245 Å². The molecule has 2 aromatic carbocycles. The summed E-state index contributed by atoms with van der Waals surface area (Å²) < 4.78 is 50.2. The molecule has 14 heteroatoms. The highest BCUT2D eigenvalue weighted by Gasteiger charge is 2.52. The fourth-order valence-electron chi connectivity index (χ4n) is 6.35. The van der Waals surface area contributed by atoms with Gasteiger partial charge in [-0.15, -0.1) is 0 Å². The monoisotopic (exact) mass is 604 g/mol. The first-order valence-corrected chi connectivity index (χ1v) is 13.6. The van der Waals surface area contributed by atoms with Gasteiger partial charge in [-0.05, 0) is 35.7 Å². The van der Waals surface area contributed by atoms with Gasteiger partial charge in [0.25, 0.3) is 0 Å². The van der Waals surface area contributed by atoms with Crippen LogP contribution in [0.25, 0.3) is 0 Å². The van der Waals surface area contributed by atoms with Gasteiger partial charge < -0.3 is 58.0 Å². The van der Waals surface area contributed by atoms with Crippen LogP contribution in [0.4, 0.5) is 0 Å². The first kappa shape index (κ1) is 29.1. The molecule has 232 valence electrons. The van der Waals surface area contributed by atoms with Crippen LogP contribution in [0.15, 0.2) is 18.2 Å². The minimum Gasteiger partial charge on any atom is -0.493 e. The average molecular weight is 605 g/mol. The number of hydrogen-bond acceptors (Lipinski definition) is 14. The van der Waals surface area contributed by atoms with Crippen LogP contribution in [-0.2, 0) is 30.2 Å². The van der Waals surface area contributed by atoms with Gasteiger partial charge in [0.05, 0.1) is 41.0 Å². The lowest BCUT2D eigenvalue weighted by molar-refractivity contribution is -0.272. The Morgan fingerprint density at radius 3 is 2.26 bits per heavy atom. The molecule has 43 heavy (non-hydrogen) atoms. The van der Waals surface area contributed by atoms with Crippen molar-refractivity contribution in [1.82, 2.24) is 0 Å². The molecule has 0 radical (unpaired) electrons. The van der Waals surface area contributed by atoms with Crippen LogP contribution < -0.4 is 28.4 Å². The van der Waals surface area contributed by atoms with Crippen LogP contribution in [0.3, 0.4) is 0 Å². The highest BCUT2D eigenvalue weighted by molar-refractivity contribution is 5.79. The van der Waals surface area contributed by atoms with Crippen molar-refractivity contribution in [3.8, 4) is 34.5 Å². The van der Waals surface area contributed by atoms with Gasteiger partial charge in [0.2, 0.25) is 24.6 Å². The quantitative estimate of drug-likeness (QED) is 0.367. The van der Waals surface area contributed by atoms with Crippen molar-refractivity contribution in [2.24, 2.45) is 11.8 Å². The molecule has 4 aliphatic rings. The van der Waals surface area contributed by atoms with Crippen molar-refractivity contribution in [3.63, 3.8) is 0 Å². The largest absolute Gasteiger partial charge is 0.493 e. The third-order valence-electron chi connectivity index (χ3n) is 8.42. The molecule has 1 aliphatic carbocycles. The molecule has 14 nitrogen and oxygen atoms in total. The normalized spacial score (nSPS) is 30.5. The van der Waals surface area contributed by atoms with Crippen LogP contribution in [0.1, 0.15) is 22.6 Å². The van der Waals surface area contributed by atoms with E-state index < -0.39 is 48.5 Å². The number of fused-ring (bicyclic) bond motifs is 3. The van der Waals surface area contributed by atoms with E-state index >= 15 is 0 Å². The zero-order valence-electron chi connectivity index (χ0n) is 23.8. The molecular weight excluding hydrogens is 572 g/mol. The number of carbonyl (C=O) groups excluding carboxylic acids is 2. The third-order valence-corrected chi connectivity index (χ3v) is 8.42. The highest BCUT2D eigenvalue weighted by Crippen LogP contribution is 2.56. The van der Waals surface area contributed by atoms with Crippen molar-refractivity contribution < 1.29 is 67.5 Å². The molecule has 3 aliphatic heterocycles. The van der Waals surface area contributed by atoms with Crippen molar-refractivity contribution in [3.05, 3.63) is 34.9 Å². The van der Waals surface area contributed by atoms with Gasteiger partial charge >= 0.3 is 11.9 Å². The summed E-state index contributed by atoms with van der Waals surface area (Å²) in [5.74, 6) is -0.901. The second-order valence-corrected chi connectivity index (χ2v) is 10.6. The van der Waals surface area contributed by atoms with Gasteiger partial charge in [-0.2, -0.15) is 0 Å². The van der Waals surface area contributed by atoms with Crippen molar-refractivity contribution in [2.75, 3.05) is 41.8 Å². The van der Waals surface area contributed by atoms with Gasteiger partial charge in [0.15, 0.2) is 29.1 Å². The third kappa shape index (κ3) is 4.65. The molecular formula is C29H32O14. The summed E-state index contributed by atoms with van der Waals surface area (Å²) in [5.41, 5.74) is 1.95. The first-order valence-electron chi connectivity index (χ1n) is 13.6. The number of benzene rings is 2. The summed E-state index contributed by atoms with van der Waals surface area (Å²) >= 11 is 0. The second-order valence-electron chi connectivity index (χ2n) is 10.6. The second kappa shape index (κ2) is 11.3. The molecule has 6 rings (SSSR count). The predicted molar refractivity (Wildman–Crippen MR) is 141 cm³/mol. The van der Waals surface area contributed by atoms with Crippen molar-refractivity contribution in [2.45, 2.75) is 43.0 Å². The summed E-state index contributed by atoms with van der Waals surface area (Å²) in [6.45, 7) is 0.0359. The summed E-state index contributed by atoms with van der Waals surface area (Å²) in [5, 5.41) is 31.6. The zero-order chi connectivity index (χ0) is 30.6. The van der Waals surface area contributed by atoms with E-state index in [1.807, 2.05) is 0 Å². The number of cyclic esters (lactones) is 1. The fourth-order valence-corrected chi connectivity index (χ4v) is 6.35. The van der Waals surface area contributed by atoms with E-state index in [1.165, 1.54) is 21.3 Å². The predicted octanol–water partition coefficient (Wildman–Crippen LogP) is 0.278. The van der Waals surface area contributed by atoms with Gasteiger partial charge in [-0.3, -0.25) is 4.79 Å². The van der Waals surface area contributed by atoms with Crippen LogP contribution in [-0.4, -0.2) is 99.8 Å². The number of hydrogen-bond donors (Lipinski definition) is 3. The molecule has 8 atom stereocenters. The van der Waals surface area contributed by atoms with Gasteiger partial charge in [0.1, 0.15) is 18.3 Å². The Bertz CT molecular complexity index is 1400. The molecule has 0 aromatic heterocycles. The summed E-state index contributed by atoms with van der Waals surface area (Å²) in [7, 11) is 5.58. The molecule has 0 amide bonds. The van der Waals surface area contributed by atoms with E-state index in [9.17, 15) is 24.9 Å². The Morgan fingerprint density at radius 1 is 0.884 bits per heavy atom. The fraction of sp³-hybridized carbons (Fsp3) is 0.517. The maximum Gasteiger partial charge on any atom is 0.337 e. The molecule has 0 saturated carbocycles. The van der Waals surface area contributed by atoms with Crippen LogP contribution in [0.5, 0.6) is 34.5 Å². The highest BCUT2D eigenvalue weighted by atomic mass is 16.7. The van der Waals surface area contributed by atoms with Crippen LogP contribution >= 0.6 is 0 Å². The number of ether oxygens (including phenoxy) is 9. The molecule has 2 aromatic rings. The molecule has 2 fully saturated rings. The summed E-state index contributed by atoms with van der Waals surface area (Å²) in [4.78, 5) is 25.4. The standard InChI is InChI=1S/C29H32O14/c1-35-15-6-11(7-16(36-2)24(15)37-3)18-13-8-17-25(41-10-40-17)23(14(13)5-12-9-39-27(33)19(12)18)42-29-22(32)20(30)21(31)26(43-29)28(34)38-4/h6-8,12,18-22,26,29-32H,5,9-10H2,1-4H3/t12?,18-,19+,20+,21+,22-,26+,29?/m1/s1. The number of methoxy groups -OCH3 is 4. The van der Waals surface area contributed by atoms with Crippen molar-refractivity contribution >= 4 is 11.9 Å². The summed E-state index contributed by atoms with van der Waals surface area (Å²) in [6.07, 6.45) is -8.21. The van der Waals surface area contributed by atoms with Gasteiger partial charge in [-0.25, -0.2) is 4.79 Å². The van der Waals surface area contributed by atoms with E-state index in [4.69, 9.17) is 37.9 Å². The van der Waals surface area contributed by atoms with Crippen LogP contribution in [0, 0.1) is 11.8 Å². The van der Waals surface area contributed by atoms with Crippen LogP contribution in [0.2, 0.25) is 0 Å². The Morgan fingerprint density at radius 2 is 1.60 bits per heavy atom. The lowest BCUT2D eigenvalue weighted by atomic mass is 9.67. The number of carbonyl (C=O) groups is 2. The van der Waals surface area contributed by atoms with E-state index in [0.717, 1.165) is 7.11 Å². The van der Waals surface area contributed by atoms with E-state index in [-0.39, 0.29) is 36.8 Å². The lowest BCUT2D eigenvalue weighted by Gasteiger charge is -2.40. The molecule has 3 N–H and O–H groups in total. The van der Waals surface area contributed by atoms with Gasteiger partial charge in [0, 0.05) is 17.4 Å². The average Bonchev–Trinajstić information content (AvgIpc) is 3.65. The number of aliphatic hydroxyl groups excluding tert-OH is 3. The minimum atomic E-state index is -1.79. The molecule has 2 unspecified atom stereocenters. The maximum atomic E-state index is 13.2. The Kier molecular flexibility index (Phi) is 7.62. The smallest absolute Gasteiger partial charge is 0.337 e. The number of aliphatic hydroxyl groups is 3.